The van der Waals surface area contributed by atoms with Crippen molar-refractivity contribution in [2.45, 2.75) is 39.3 Å². The lowest BCUT2D eigenvalue weighted by Gasteiger charge is -2.22. The van der Waals surface area contributed by atoms with Crippen molar-refractivity contribution in [3.63, 3.8) is 0 Å². The third kappa shape index (κ3) is 3.09. The van der Waals surface area contributed by atoms with Crippen LogP contribution in [0.1, 0.15) is 29.5 Å². The van der Waals surface area contributed by atoms with Crippen LogP contribution in [0.4, 0.5) is 4.79 Å². The Bertz CT molecular complexity index is 793. The Hall–Kier alpha value is -2.83. The molecule has 1 aliphatic heterocycles. The molecule has 7 nitrogen and oxygen atoms in total. The number of nitrogens with zero attached hydrogens (tertiary/aromatic N) is 2. The monoisotopic (exact) mass is 343 g/mol. The summed E-state index contributed by atoms with van der Waals surface area (Å²) < 4.78 is 10.3. The van der Waals surface area contributed by atoms with E-state index in [9.17, 15) is 9.59 Å². The van der Waals surface area contributed by atoms with Gasteiger partial charge in [0.1, 0.15) is 17.0 Å². The van der Waals surface area contributed by atoms with Gasteiger partial charge in [0, 0.05) is 12.0 Å². The van der Waals surface area contributed by atoms with Crippen molar-refractivity contribution in [1.29, 1.82) is 0 Å². The van der Waals surface area contributed by atoms with E-state index >= 15 is 0 Å². The van der Waals surface area contributed by atoms with Gasteiger partial charge in [0.15, 0.2) is 0 Å². The molecule has 132 valence electrons. The number of amides is 3. The number of methoxy groups -OCH3 is 1. The van der Waals surface area contributed by atoms with E-state index in [4.69, 9.17) is 9.26 Å². The van der Waals surface area contributed by atoms with Crippen molar-refractivity contribution in [1.82, 2.24) is 15.4 Å². The zero-order valence-electron chi connectivity index (χ0n) is 14.8. The van der Waals surface area contributed by atoms with E-state index in [0.29, 0.717) is 17.9 Å². The highest BCUT2D eigenvalue weighted by Gasteiger charge is 2.48. The number of carbonyl (C=O) groups excluding carboxylic acids is 2. The highest BCUT2D eigenvalue weighted by molar-refractivity contribution is 6.06. The molecule has 1 N–H and O–H groups in total. The maximum atomic E-state index is 12.9. The number of benzene rings is 1. The van der Waals surface area contributed by atoms with Crippen LogP contribution in [0.5, 0.6) is 5.75 Å². The molecule has 1 fully saturated rings. The molecule has 0 radical (unpaired) electrons. The first-order chi connectivity index (χ1) is 11.8. The summed E-state index contributed by atoms with van der Waals surface area (Å²) in [6, 6.07) is 7.05. The fourth-order valence-corrected chi connectivity index (χ4v) is 3.05. The summed E-state index contributed by atoms with van der Waals surface area (Å²) in [6.07, 6.45) is 0.402. The summed E-state index contributed by atoms with van der Waals surface area (Å²) in [6.45, 7) is 5.46. The lowest BCUT2D eigenvalue weighted by molar-refractivity contribution is -0.131. The quantitative estimate of drug-likeness (QED) is 0.843. The van der Waals surface area contributed by atoms with Gasteiger partial charge in [-0.15, -0.1) is 0 Å². The second-order valence-electron chi connectivity index (χ2n) is 6.48. The molecule has 3 rings (SSSR count). The zero-order chi connectivity index (χ0) is 18.2. The molecule has 7 heteroatoms. The van der Waals surface area contributed by atoms with Gasteiger partial charge in [-0.3, -0.25) is 9.69 Å². The molecule has 0 aliphatic carbocycles. The Kier molecular flexibility index (Phi) is 4.24. The van der Waals surface area contributed by atoms with Crippen molar-refractivity contribution < 1.29 is 18.8 Å². The van der Waals surface area contributed by atoms with Crippen molar-refractivity contribution >= 4 is 11.9 Å². The Balaban J connectivity index is 1.79. The molecule has 1 atom stereocenters. The van der Waals surface area contributed by atoms with E-state index in [2.05, 4.69) is 10.5 Å². The van der Waals surface area contributed by atoms with Crippen LogP contribution >= 0.6 is 0 Å². The van der Waals surface area contributed by atoms with Gasteiger partial charge in [0.25, 0.3) is 5.91 Å². The van der Waals surface area contributed by atoms with E-state index in [1.165, 1.54) is 4.90 Å². The summed E-state index contributed by atoms with van der Waals surface area (Å²) in [5, 5.41) is 6.69. The molecule has 1 aromatic heterocycles. The Morgan fingerprint density at radius 1 is 1.24 bits per heavy atom. The molecule has 1 aromatic carbocycles. The number of carbonyl (C=O) groups is 2. The van der Waals surface area contributed by atoms with E-state index in [1.807, 2.05) is 24.3 Å². The summed E-state index contributed by atoms with van der Waals surface area (Å²) in [5.41, 5.74) is 1.40. The number of urea groups is 1. The summed E-state index contributed by atoms with van der Waals surface area (Å²) in [5.74, 6) is 1.10. The number of aryl methyl sites for hydroxylation is 2. The minimum atomic E-state index is -0.982. The maximum absolute atomic E-state index is 12.9. The summed E-state index contributed by atoms with van der Waals surface area (Å²) >= 11 is 0. The second-order valence-corrected chi connectivity index (χ2v) is 6.48. The number of hydrogen-bond donors (Lipinski definition) is 1. The molecule has 0 bridgehead atoms. The first-order valence-corrected chi connectivity index (χ1v) is 8.03. The largest absolute Gasteiger partial charge is 0.497 e. The second kappa shape index (κ2) is 6.23. The molecule has 0 saturated carbocycles. The maximum Gasteiger partial charge on any atom is 0.325 e. The van der Waals surface area contributed by atoms with Gasteiger partial charge in [-0.05, 0) is 38.5 Å². The lowest BCUT2D eigenvalue weighted by Crippen LogP contribution is -2.45. The lowest BCUT2D eigenvalue weighted by atomic mass is 9.92. The van der Waals surface area contributed by atoms with Gasteiger partial charge in [0.05, 0.1) is 19.3 Å². The molecule has 3 amide bonds. The van der Waals surface area contributed by atoms with E-state index < -0.39 is 11.6 Å². The number of nitrogens with one attached hydrogen (secondary N) is 1. The molecular formula is C18H21N3O4. The number of hydrogen-bond acceptors (Lipinski definition) is 5. The van der Waals surface area contributed by atoms with Crippen LogP contribution < -0.4 is 10.1 Å². The molecule has 2 aromatic rings. The van der Waals surface area contributed by atoms with Crippen LogP contribution in [0.3, 0.4) is 0 Å². The molecular weight excluding hydrogens is 322 g/mol. The predicted octanol–water partition coefficient (Wildman–Crippen LogP) is 2.35. The average molecular weight is 343 g/mol. The van der Waals surface area contributed by atoms with Gasteiger partial charge < -0.3 is 14.6 Å². The van der Waals surface area contributed by atoms with Crippen LogP contribution in [0.25, 0.3) is 0 Å². The standard InChI is InChI=1S/C18H21N3O4/c1-11-15(12(2)25-20-11)10-21-16(22)18(3,19-17(21)23)9-13-5-7-14(24-4)8-6-13/h5-8H,9-10H2,1-4H3,(H,19,23)/t18-/m1/s1. The predicted molar refractivity (Wildman–Crippen MR) is 90.2 cm³/mol. The van der Waals surface area contributed by atoms with Crippen molar-refractivity contribution in [2.24, 2.45) is 0 Å². The molecule has 1 saturated heterocycles. The van der Waals surface area contributed by atoms with Crippen LogP contribution in [0.2, 0.25) is 0 Å². The first kappa shape index (κ1) is 17.0. The minimum Gasteiger partial charge on any atom is -0.497 e. The number of aromatic nitrogens is 1. The third-order valence-electron chi connectivity index (χ3n) is 4.56. The van der Waals surface area contributed by atoms with Crippen LogP contribution in [-0.2, 0) is 17.8 Å². The van der Waals surface area contributed by atoms with Gasteiger partial charge in [-0.2, -0.15) is 0 Å². The van der Waals surface area contributed by atoms with Crippen molar-refractivity contribution in [2.75, 3.05) is 7.11 Å². The van der Waals surface area contributed by atoms with E-state index in [-0.39, 0.29) is 12.5 Å². The fraction of sp³-hybridized carbons (Fsp3) is 0.389. The Morgan fingerprint density at radius 3 is 2.48 bits per heavy atom. The molecule has 1 aliphatic rings. The smallest absolute Gasteiger partial charge is 0.325 e. The summed E-state index contributed by atoms with van der Waals surface area (Å²) in [7, 11) is 1.60. The zero-order valence-corrected chi connectivity index (χ0v) is 14.8. The minimum absolute atomic E-state index is 0.157. The molecule has 25 heavy (non-hydrogen) atoms. The average Bonchev–Trinajstić information content (AvgIpc) is 3.00. The molecule has 2 heterocycles. The van der Waals surface area contributed by atoms with Crippen LogP contribution in [-0.4, -0.2) is 34.6 Å². The Labute approximate surface area is 145 Å². The van der Waals surface area contributed by atoms with Gasteiger partial charge in [-0.25, -0.2) is 4.79 Å². The Morgan fingerprint density at radius 2 is 1.92 bits per heavy atom. The number of imide groups is 1. The van der Waals surface area contributed by atoms with Gasteiger partial charge in [-0.1, -0.05) is 17.3 Å². The molecule has 0 unspecified atom stereocenters. The number of rotatable bonds is 5. The van der Waals surface area contributed by atoms with Crippen molar-refractivity contribution in [3.05, 3.63) is 46.8 Å². The highest BCUT2D eigenvalue weighted by atomic mass is 16.5. The SMILES string of the molecule is COc1ccc(C[C@@]2(C)NC(=O)N(Cc3c(C)noc3C)C2=O)cc1. The fourth-order valence-electron chi connectivity index (χ4n) is 3.05. The normalized spacial score (nSPS) is 20.1. The van der Waals surface area contributed by atoms with E-state index in [0.717, 1.165) is 16.9 Å². The van der Waals surface area contributed by atoms with Gasteiger partial charge >= 0.3 is 6.03 Å². The molecule has 0 spiro atoms. The topological polar surface area (TPSA) is 84.7 Å². The van der Waals surface area contributed by atoms with Crippen LogP contribution in [0, 0.1) is 13.8 Å². The van der Waals surface area contributed by atoms with E-state index in [1.54, 1.807) is 27.9 Å². The third-order valence-corrected chi connectivity index (χ3v) is 4.56. The number of ether oxygens (including phenoxy) is 1. The van der Waals surface area contributed by atoms with Crippen LogP contribution in [0.15, 0.2) is 28.8 Å². The van der Waals surface area contributed by atoms with Gasteiger partial charge in [0.2, 0.25) is 0 Å². The first-order valence-electron chi connectivity index (χ1n) is 8.03. The van der Waals surface area contributed by atoms with Crippen molar-refractivity contribution in [3.8, 4) is 5.75 Å². The highest BCUT2D eigenvalue weighted by Crippen LogP contribution is 2.26. The summed E-state index contributed by atoms with van der Waals surface area (Å²) in [4.78, 5) is 26.5.